The Labute approximate surface area is 96.2 Å². The van der Waals surface area contributed by atoms with Crippen molar-refractivity contribution in [1.82, 2.24) is 10.2 Å². The maximum Gasteiger partial charge on any atom is 0.197 e. The van der Waals surface area contributed by atoms with E-state index >= 15 is 0 Å². The van der Waals surface area contributed by atoms with Crippen LogP contribution in [0.25, 0.3) is 0 Å². The highest BCUT2D eigenvalue weighted by Gasteiger charge is 2.04. The van der Waals surface area contributed by atoms with Gasteiger partial charge in [-0.25, -0.2) is 0 Å². The molecule has 0 aromatic carbocycles. The van der Waals surface area contributed by atoms with Crippen LogP contribution < -0.4 is 5.73 Å². The molecule has 0 bridgehead atoms. The van der Waals surface area contributed by atoms with Gasteiger partial charge in [-0.3, -0.25) is 0 Å². The molecule has 0 aliphatic rings. The maximum absolute atomic E-state index is 5.58. The van der Waals surface area contributed by atoms with Gasteiger partial charge < -0.3 is 5.73 Å². The van der Waals surface area contributed by atoms with Crippen molar-refractivity contribution in [1.29, 1.82) is 0 Å². The first-order valence-electron chi connectivity index (χ1n) is 5.75. The predicted molar refractivity (Wildman–Crippen MR) is 64.6 cm³/mol. The molecule has 0 aliphatic heterocycles. The molecule has 2 N–H and O–H groups in total. The lowest BCUT2D eigenvalue weighted by Crippen LogP contribution is -2.01. The maximum atomic E-state index is 5.58. The number of anilines is 1. The number of azo groups is 1. The predicted octanol–water partition coefficient (Wildman–Crippen LogP) is 3.11. The van der Waals surface area contributed by atoms with Gasteiger partial charge in [0.1, 0.15) is 0 Å². The third kappa shape index (κ3) is 4.33. The summed E-state index contributed by atoms with van der Waals surface area (Å²) >= 11 is 0. The summed E-state index contributed by atoms with van der Waals surface area (Å²) < 4.78 is 0. The van der Waals surface area contributed by atoms with Crippen LogP contribution in [0.1, 0.15) is 39.5 Å². The van der Waals surface area contributed by atoms with Crippen molar-refractivity contribution in [3.8, 4) is 0 Å². The summed E-state index contributed by atoms with van der Waals surface area (Å²) in [7, 11) is 0. The van der Waals surface area contributed by atoms with Gasteiger partial charge in [-0.05, 0) is 12.8 Å². The fourth-order valence-electron chi connectivity index (χ4n) is 1.49. The van der Waals surface area contributed by atoms with Crippen LogP contribution in [0.3, 0.4) is 0 Å². The minimum absolute atomic E-state index is 0.290. The Morgan fingerprint density at radius 2 is 2.00 bits per heavy atom. The Hall–Kier alpha value is -1.52. The molecule has 0 aliphatic carbocycles. The van der Waals surface area contributed by atoms with Crippen molar-refractivity contribution < 1.29 is 0 Å². The Kier molecular flexibility index (Phi) is 5.39. The van der Waals surface area contributed by atoms with E-state index in [0.717, 1.165) is 25.7 Å². The first kappa shape index (κ1) is 12.5. The molecular weight excluding hydrogens is 202 g/mol. The highest BCUT2D eigenvalue weighted by Crippen LogP contribution is 2.15. The average Bonchev–Trinajstić information content (AvgIpc) is 2.27. The zero-order valence-electron chi connectivity index (χ0n) is 9.93. The van der Waals surface area contributed by atoms with E-state index in [0.29, 0.717) is 17.5 Å². The number of hydrogen-bond acceptors (Lipinski definition) is 5. The molecule has 16 heavy (non-hydrogen) atoms. The average molecular weight is 221 g/mol. The smallest absolute Gasteiger partial charge is 0.197 e. The molecule has 0 atom stereocenters. The molecule has 88 valence electrons. The zero-order valence-corrected chi connectivity index (χ0v) is 9.93. The molecule has 0 saturated heterocycles. The minimum atomic E-state index is 0.290. The topological polar surface area (TPSA) is 76.5 Å². The van der Waals surface area contributed by atoms with Crippen LogP contribution in [-0.4, -0.2) is 16.2 Å². The SMILES string of the molecule is CCCC(CCC)N=Nc1cc(N)cnn1. The Morgan fingerprint density at radius 3 is 2.56 bits per heavy atom. The van der Waals surface area contributed by atoms with Gasteiger partial charge in [-0.15, -0.1) is 10.2 Å². The van der Waals surface area contributed by atoms with Crippen LogP contribution in [0.15, 0.2) is 22.5 Å². The van der Waals surface area contributed by atoms with E-state index in [4.69, 9.17) is 5.73 Å². The van der Waals surface area contributed by atoms with Crippen molar-refractivity contribution in [3.63, 3.8) is 0 Å². The quantitative estimate of drug-likeness (QED) is 0.750. The number of hydrogen-bond donors (Lipinski definition) is 1. The van der Waals surface area contributed by atoms with Gasteiger partial charge in [0.25, 0.3) is 0 Å². The highest BCUT2D eigenvalue weighted by molar-refractivity contribution is 5.42. The molecule has 0 radical (unpaired) electrons. The van der Waals surface area contributed by atoms with Crippen LogP contribution in [0.5, 0.6) is 0 Å². The zero-order chi connectivity index (χ0) is 11.8. The second kappa shape index (κ2) is 6.87. The summed E-state index contributed by atoms with van der Waals surface area (Å²) in [5.41, 5.74) is 6.14. The van der Waals surface area contributed by atoms with Crippen LogP contribution in [0.2, 0.25) is 0 Å². The molecule has 0 amide bonds. The monoisotopic (exact) mass is 221 g/mol. The fraction of sp³-hybridized carbons (Fsp3) is 0.636. The second-order valence-corrected chi connectivity index (χ2v) is 3.79. The van der Waals surface area contributed by atoms with Crippen LogP contribution in [-0.2, 0) is 0 Å². The standard InChI is InChI=1S/C11H19N5/c1-3-5-10(6-4-2)14-16-11-7-9(12)8-13-15-11/h7-8,10H,3-6H2,1-2H3,(H2,12,15). The largest absolute Gasteiger partial charge is 0.397 e. The van der Waals surface area contributed by atoms with E-state index in [9.17, 15) is 0 Å². The molecule has 5 heteroatoms. The van der Waals surface area contributed by atoms with Crippen LogP contribution in [0.4, 0.5) is 11.5 Å². The van der Waals surface area contributed by atoms with Gasteiger partial charge in [0, 0.05) is 6.07 Å². The third-order valence-corrected chi connectivity index (χ3v) is 2.23. The molecular formula is C11H19N5. The van der Waals surface area contributed by atoms with Crippen LogP contribution >= 0.6 is 0 Å². The number of aromatic nitrogens is 2. The van der Waals surface area contributed by atoms with Crippen molar-refractivity contribution in [3.05, 3.63) is 12.3 Å². The molecule has 0 unspecified atom stereocenters. The summed E-state index contributed by atoms with van der Waals surface area (Å²) in [5, 5.41) is 15.9. The summed E-state index contributed by atoms with van der Waals surface area (Å²) in [6, 6.07) is 1.96. The van der Waals surface area contributed by atoms with Gasteiger partial charge in [0.15, 0.2) is 5.82 Å². The lowest BCUT2D eigenvalue weighted by atomic mass is 10.1. The number of nitrogen functional groups attached to an aromatic ring is 1. The second-order valence-electron chi connectivity index (χ2n) is 3.79. The molecule has 1 aromatic rings. The van der Waals surface area contributed by atoms with Gasteiger partial charge >= 0.3 is 0 Å². The molecule has 1 rings (SSSR count). The van der Waals surface area contributed by atoms with Crippen molar-refractivity contribution in [2.45, 2.75) is 45.6 Å². The molecule has 5 nitrogen and oxygen atoms in total. The third-order valence-electron chi connectivity index (χ3n) is 2.23. The normalized spacial score (nSPS) is 11.4. The Bertz CT molecular complexity index is 331. The summed E-state index contributed by atoms with van der Waals surface area (Å²) in [5.74, 6) is 0.484. The van der Waals surface area contributed by atoms with Crippen LogP contribution in [0, 0.1) is 0 Å². The van der Waals surface area contributed by atoms with Gasteiger partial charge in [-0.1, -0.05) is 26.7 Å². The number of nitrogens with two attached hydrogens (primary N) is 1. The Balaban J connectivity index is 2.62. The first-order chi connectivity index (χ1) is 7.76. The lowest BCUT2D eigenvalue weighted by molar-refractivity contribution is 0.536. The van der Waals surface area contributed by atoms with E-state index in [1.54, 1.807) is 6.07 Å². The van der Waals surface area contributed by atoms with E-state index in [1.165, 1.54) is 6.20 Å². The summed E-state index contributed by atoms with van der Waals surface area (Å²) in [6.45, 7) is 4.30. The lowest BCUT2D eigenvalue weighted by Gasteiger charge is -2.07. The molecule has 1 aromatic heterocycles. The van der Waals surface area contributed by atoms with E-state index < -0.39 is 0 Å². The van der Waals surface area contributed by atoms with E-state index in [1.807, 2.05) is 0 Å². The van der Waals surface area contributed by atoms with Crippen molar-refractivity contribution in [2.24, 2.45) is 10.2 Å². The number of rotatable bonds is 6. The first-order valence-corrected chi connectivity index (χ1v) is 5.75. The summed E-state index contributed by atoms with van der Waals surface area (Å²) in [4.78, 5) is 0. The van der Waals surface area contributed by atoms with Gasteiger partial charge in [0.05, 0.1) is 17.9 Å². The number of nitrogens with zero attached hydrogens (tertiary/aromatic N) is 4. The molecule has 0 fully saturated rings. The minimum Gasteiger partial charge on any atom is -0.397 e. The summed E-state index contributed by atoms with van der Waals surface area (Å²) in [6.07, 6.45) is 5.85. The van der Waals surface area contributed by atoms with E-state index in [2.05, 4.69) is 34.3 Å². The van der Waals surface area contributed by atoms with Gasteiger partial charge in [0.2, 0.25) is 0 Å². The highest BCUT2D eigenvalue weighted by atomic mass is 15.2. The molecule has 1 heterocycles. The van der Waals surface area contributed by atoms with Gasteiger partial charge in [-0.2, -0.15) is 10.2 Å². The fourth-order valence-corrected chi connectivity index (χ4v) is 1.49. The van der Waals surface area contributed by atoms with Crippen molar-refractivity contribution >= 4 is 11.5 Å². The molecule has 0 spiro atoms. The Morgan fingerprint density at radius 1 is 1.31 bits per heavy atom. The molecule has 0 saturated carbocycles. The van der Waals surface area contributed by atoms with E-state index in [-0.39, 0.29) is 0 Å². The van der Waals surface area contributed by atoms with Crippen molar-refractivity contribution in [2.75, 3.05) is 5.73 Å².